The van der Waals surface area contributed by atoms with E-state index >= 15 is 0 Å². The molecule has 1 aromatic carbocycles. The third-order valence-electron chi connectivity index (χ3n) is 2.59. The Hall–Kier alpha value is -1.62. The van der Waals surface area contributed by atoms with Crippen LogP contribution in [0.15, 0.2) is 41.7 Å². The maximum absolute atomic E-state index is 13.6. The van der Waals surface area contributed by atoms with Crippen molar-refractivity contribution in [2.45, 2.75) is 18.0 Å². The SMILES string of the molecule is CSc1cc(NC(C)c2ccccc2F)ncn1. The van der Waals surface area contributed by atoms with E-state index in [9.17, 15) is 4.39 Å². The van der Waals surface area contributed by atoms with Gasteiger partial charge in [-0.15, -0.1) is 11.8 Å². The van der Waals surface area contributed by atoms with Gasteiger partial charge in [-0.2, -0.15) is 0 Å². The summed E-state index contributed by atoms with van der Waals surface area (Å²) >= 11 is 1.54. The van der Waals surface area contributed by atoms with Gasteiger partial charge < -0.3 is 5.32 Å². The number of anilines is 1. The van der Waals surface area contributed by atoms with Gasteiger partial charge >= 0.3 is 0 Å². The third-order valence-corrected chi connectivity index (χ3v) is 3.23. The fraction of sp³-hybridized carbons (Fsp3) is 0.231. The summed E-state index contributed by atoms with van der Waals surface area (Å²) in [5.41, 5.74) is 0.627. The van der Waals surface area contributed by atoms with Crippen LogP contribution in [0.2, 0.25) is 0 Å². The van der Waals surface area contributed by atoms with Crippen molar-refractivity contribution in [1.82, 2.24) is 9.97 Å². The Kier molecular flexibility index (Phi) is 4.15. The summed E-state index contributed by atoms with van der Waals surface area (Å²) in [5.74, 6) is 0.488. The first-order valence-electron chi connectivity index (χ1n) is 5.57. The van der Waals surface area contributed by atoms with Crippen molar-refractivity contribution >= 4 is 17.6 Å². The van der Waals surface area contributed by atoms with Gasteiger partial charge in [0.2, 0.25) is 0 Å². The van der Waals surface area contributed by atoms with Gasteiger partial charge in [-0.05, 0) is 19.2 Å². The summed E-state index contributed by atoms with van der Waals surface area (Å²) in [6, 6.07) is 8.44. The molecule has 1 aromatic heterocycles. The Labute approximate surface area is 110 Å². The summed E-state index contributed by atoms with van der Waals surface area (Å²) < 4.78 is 13.6. The molecule has 1 atom stereocenters. The van der Waals surface area contributed by atoms with Crippen LogP contribution in [-0.2, 0) is 0 Å². The van der Waals surface area contributed by atoms with E-state index in [0.717, 1.165) is 5.03 Å². The highest BCUT2D eigenvalue weighted by Gasteiger charge is 2.10. The molecule has 94 valence electrons. The molecule has 0 saturated carbocycles. The Bertz CT molecular complexity index is 533. The van der Waals surface area contributed by atoms with E-state index < -0.39 is 0 Å². The standard InChI is InChI=1S/C13H14FN3S/c1-9(10-5-3-4-6-11(10)14)17-12-7-13(18-2)16-8-15-12/h3-9H,1-2H3,(H,15,16,17). The largest absolute Gasteiger partial charge is 0.363 e. The highest BCUT2D eigenvalue weighted by molar-refractivity contribution is 7.98. The van der Waals surface area contributed by atoms with Gasteiger partial charge in [0.1, 0.15) is 23.0 Å². The molecular weight excluding hydrogens is 249 g/mol. The minimum Gasteiger partial charge on any atom is -0.363 e. The van der Waals surface area contributed by atoms with Gasteiger partial charge in [0, 0.05) is 11.6 Å². The molecule has 3 nitrogen and oxygen atoms in total. The zero-order valence-electron chi connectivity index (χ0n) is 10.2. The molecule has 2 aromatic rings. The van der Waals surface area contributed by atoms with Crippen molar-refractivity contribution in [1.29, 1.82) is 0 Å². The minimum atomic E-state index is -0.211. The number of hydrogen-bond acceptors (Lipinski definition) is 4. The summed E-state index contributed by atoms with van der Waals surface area (Å²) in [6.07, 6.45) is 3.45. The van der Waals surface area contributed by atoms with Gasteiger partial charge in [0.15, 0.2) is 0 Å². The number of benzene rings is 1. The van der Waals surface area contributed by atoms with Gasteiger partial charge in [-0.3, -0.25) is 0 Å². The molecule has 2 rings (SSSR count). The van der Waals surface area contributed by atoms with E-state index in [4.69, 9.17) is 0 Å². The Morgan fingerprint density at radius 2 is 2.06 bits per heavy atom. The molecular formula is C13H14FN3S. The van der Waals surface area contributed by atoms with Crippen LogP contribution in [0.5, 0.6) is 0 Å². The van der Waals surface area contributed by atoms with Gasteiger partial charge in [0.05, 0.1) is 6.04 Å². The Morgan fingerprint density at radius 3 is 2.78 bits per heavy atom. The first-order chi connectivity index (χ1) is 8.70. The van der Waals surface area contributed by atoms with E-state index in [1.807, 2.05) is 25.3 Å². The molecule has 5 heteroatoms. The fourth-order valence-electron chi connectivity index (χ4n) is 1.66. The Morgan fingerprint density at radius 1 is 1.28 bits per heavy atom. The normalized spacial score (nSPS) is 12.2. The third kappa shape index (κ3) is 2.98. The molecule has 0 fully saturated rings. The van der Waals surface area contributed by atoms with Crippen LogP contribution >= 0.6 is 11.8 Å². The second kappa shape index (κ2) is 5.82. The van der Waals surface area contributed by atoms with Crippen LogP contribution in [0.25, 0.3) is 0 Å². The van der Waals surface area contributed by atoms with Crippen LogP contribution < -0.4 is 5.32 Å². The van der Waals surface area contributed by atoms with Crippen molar-refractivity contribution in [2.75, 3.05) is 11.6 Å². The monoisotopic (exact) mass is 263 g/mol. The fourth-order valence-corrected chi connectivity index (χ4v) is 2.04. The van der Waals surface area contributed by atoms with Gasteiger partial charge in [-0.25, -0.2) is 14.4 Å². The zero-order chi connectivity index (χ0) is 13.0. The highest BCUT2D eigenvalue weighted by Crippen LogP contribution is 2.21. The van der Waals surface area contributed by atoms with Crippen molar-refractivity contribution in [3.05, 3.63) is 48.0 Å². The lowest BCUT2D eigenvalue weighted by molar-refractivity contribution is 0.600. The molecule has 1 heterocycles. The number of aromatic nitrogens is 2. The van der Waals surface area contributed by atoms with Gasteiger partial charge in [-0.1, -0.05) is 18.2 Å². The molecule has 0 aliphatic rings. The van der Waals surface area contributed by atoms with E-state index in [-0.39, 0.29) is 11.9 Å². The molecule has 0 amide bonds. The van der Waals surface area contributed by atoms with E-state index in [1.165, 1.54) is 12.4 Å². The molecule has 0 bridgehead atoms. The molecule has 1 N–H and O–H groups in total. The molecule has 18 heavy (non-hydrogen) atoms. The van der Waals surface area contributed by atoms with Crippen LogP contribution in [0.4, 0.5) is 10.2 Å². The lowest BCUT2D eigenvalue weighted by Crippen LogP contribution is -2.09. The van der Waals surface area contributed by atoms with Crippen LogP contribution in [0.3, 0.4) is 0 Å². The predicted octanol–water partition coefficient (Wildman–Crippen LogP) is 3.51. The lowest BCUT2D eigenvalue weighted by Gasteiger charge is -2.15. The van der Waals surface area contributed by atoms with Crippen molar-refractivity contribution < 1.29 is 4.39 Å². The van der Waals surface area contributed by atoms with Crippen molar-refractivity contribution in [3.63, 3.8) is 0 Å². The van der Waals surface area contributed by atoms with Crippen LogP contribution in [-0.4, -0.2) is 16.2 Å². The summed E-state index contributed by atoms with van der Waals surface area (Å²) in [6.45, 7) is 1.90. The Balaban J connectivity index is 2.16. The molecule has 0 radical (unpaired) electrons. The summed E-state index contributed by atoms with van der Waals surface area (Å²) in [7, 11) is 0. The maximum atomic E-state index is 13.6. The number of thioether (sulfide) groups is 1. The summed E-state index contributed by atoms with van der Waals surface area (Å²) in [5, 5.41) is 4.05. The zero-order valence-corrected chi connectivity index (χ0v) is 11.0. The number of rotatable bonds is 4. The first kappa shape index (κ1) is 12.8. The second-order valence-corrected chi connectivity index (χ2v) is 4.66. The first-order valence-corrected chi connectivity index (χ1v) is 6.80. The minimum absolute atomic E-state index is 0.143. The number of nitrogens with one attached hydrogen (secondary N) is 1. The summed E-state index contributed by atoms with van der Waals surface area (Å²) in [4.78, 5) is 8.22. The predicted molar refractivity (Wildman–Crippen MR) is 72.3 cm³/mol. The topological polar surface area (TPSA) is 37.8 Å². The molecule has 0 spiro atoms. The second-order valence-electron chi connectivity index (χ2n) is 3.83. The molecule has 0 aliphatic carbocycles. The average molecular weight is 263 g/mol. The van der Waals surface area contributed by atoms with E-state index in [1.54, 1.807) is 23.9 Å². The average Bonchev–Trinajstić information content (AvgIpc) is 2.39. The number of hydrogen-bond donors (Lipinski definition) is 1. The highest BCUT2D eigenvalue weighted by atomic mass is 32.2. The molecule has 0 saturated heterocycles. The number of nitrogens with zero attached hydrogens (tertiary/aromatic N) is 2. The smallest absolute Gasteiger partial charge is 0.130 e. The van der Waals surface area contributed by atoms with Crippen LogP contribution in [0, 0.1) is 5.82 Å². The maximum Gasteiger partial charge on any atom is 0.130 e. The van der Waals surface area contributed by atoms with E-state index in [0.29, 0.717) is 11.4 Å². The van der Waals surface area contributed by atoms with Crippen molar-refractivity contribution in [3.8, 4) is 0 Å². The van der Waals surface area contributed by atoms with Crippen molar-refractivity contribution in [2.24, 2.45) is 0 Å². The van der Waals surface area contributed by atoms with Gasteiger partial charge in [0.25, 0.3) is 0 Å². The quantitative estimate of drug-likeness (QED) is 0.676. The molecule has 1 unspecified atom stereocenters. The van der Waals surface area contributed by atoms with E-state index in [2.05, 4.69) is 15.3 Å². The van der Waals surface area contributed by atoms with Crippen LogP contribution in [0.1, 0.15) is 18.5 Å². The number of halogens is 1. The lowest BCUT2D eigenvalue weighted by atomic mass is 10.1. The molecule has 0 aliphatic heterocycles.